The molecule has 0 amide bonds. The summed E-state index contributed by atoms with van der Waals surface area (Å²) in [5.74, 6) is 0.183. The average molecular weight is 238 g/mol. The lowest BCUT2D eigenvalue weighted by atomic mass is 10.2. The first kappa shape index (κ1) is 10.8. The van der Waals surface area contributed by atoms with Crippen molar-refractivity contribution in [3.63, 3.8) is 0 Å². The fraction of sp³-hybridized carbons (Fsp3) is 0.300. The minimum absolute atomic E-state index is 0.122. The molecule has 0 aliphatic carbocycles. The molecule has 0 aliphatic rings. The monoisotopic (exact) mass is 238 g/mol. The van der Waals surface area contributed by atoms with Gasteiger partial charge in [-0.25, -0.2) is 0 Å². The van der Waals surface area contributed by atoms with Crippen molar-refractivity contribution in [2.45, 2.75) is 19.3 Å². The van der Waals surface area contributed by atoms with Crippen molar-refractivity contribution in [3.05, 3.63) is 23.4 Å². The standard InChI is InChI=1S/C10H10N2O3S/c13-9(14)5-1-4-8-11-12-10(15-8)7-3-2-6-16-7/h2-3,6H,1,4-5H2,(H,13,14). The van der Waals surface area contributed by atoms with Crippen LogP contribution in [0.1, 0.15) is 18.7 Å². The minimum Gasteiger partial charge on any atom is -0.481 e. The SMILES string of the molecule is O=C(O)CCCc1nnc(-c2cccs2)o1. The molecule has 5 nitrogen and oxygen atoms in total. The van der Waals surface area contributed by atoms with E-state index in [1.54, 1.807) is 0 Å². The Morgan fingerprint density at radius 2 is 2.38 bits per heavy atom. The molecular formula is C10H10N2O3S. The molecule has 0 bridgehead atoms. The molecule has 0 fully saturated rings. The second kappa shape index (κ2) is 4.89. The van der Waals surface area contributed by atoms with Crippen LogP contribution in [0.5, 0.6) is 0 Å². The van der Waals surface area contributed by atoms with E-state index >= 15 is 0 Å². The zero-order chi connectivity index (χ0) is 11.4. The van der Waals surface area contributed by atoms with Gasteiger partial charge in [0.15, 0.2) is 0 Å². The minimum atomic E-state index is -0.807. The Morgan fingerprint density at radius 3 is 3.06 bits per heavy atom. The molecule has 0 saturated heterocycles. The van der Waals surface area contributed by atoms with Crippen molar-refractivity contribution in [3.8, 4) is 10.8 Å². The van der Waals surface area contributed by atoms with Crippen LogP contribution in [-0.2, 0) is 11.2 Å². The Bertz CT molecular complexity index is 464. The van der Waals surface area contributed by atoms with Crippen LogP contribution in [0.2, 0.25) is 0 Å². The van der Waals surface area contributed by atoms with E-state index < -0.39 is 5.97 Å². The highest BCUT2D eigenvalue weighted by atomic mass is 32.1. The van der Waals surface area contributed by atoms with Gasteiger partial charge in [-0.05, 0) is 17.9 Å². The Kier molecular flexibility index (Phi) is 3.31. The van der Waals surface area contributed by atoms with Crippen LogP contribution in [0.15, 0.2) is 21.9 Å². The van der Waals surface area contributed by atoms with Gasteiger partial charge in [0.25, 0.3) is 5.89 Å². The van der Waals surface area contributed by atoms with E-state index in [0.717, 1.165) is 4.88 Å². The molecule has 16 heavy (non-hydrogen) atoms. The summed E-state index contributed by atoms with van der Waals surface area (Å²) in [4.78, 5) is 11.2. The molecule has 84 valence electrons. The first-order chi connectivity index (χ1) is 7.75. The number of carbonyl (C=O) groups is 1. The highest BCUT2D eigenvalue weighted by Gasteiger charge is 2.09. The van der Waals surface area contributed by atoms with Crippen LogP contribution < -0.4 is 0 Å². The highest BCUT2D eigenvalue weighted by molar-refractivity contribution is 7.13. The zero-order valence-electron chi connectivity index (χ0n) is 8.42. The fourth-order valence-electron chi connectivity index (χ4n) is 1.25. The molecule has 2 aromatic rings. The van der Waals surface area contributed by atoms with E-state index in [1.165, 1.54) is 11.3 Å². The molecular weight excluding hydrogens is 228 g/mol. The summed E-state index contributed by atoms with van der Waals surface area (Å²) in [6, 6.07) is 3.81. The second-order valence-electron chi connectivity index (χ2n) is 3.23. The zero-order valence-corrected chi connectivity index (χ0v) is 9.24. The smallest absolute Gasteiger partial charge is 0.303 e. The number of aliphatic carboxylic acids is 1. The number of hydrogen-bond donors (Lipinski definition) is 1. The van der Waals surface area contributed by atoms with Crippen LogP contribution in [0.3, 0.4) is 0 Å². The summed E-state index contributed by atoms with van der Waals surface area (Å²) in [6.45, 7) is 0. The summed E-state index contributed by atoms with van der Waals surface area (Å²) in [5.41, 5.74) is 0. The van der Waals surface area contributed by atoms with Crippen molar-refractivity contribution < 1.29 is 14.3 Å². The molecule has 1 N–H and O–H groups in total. The van der Waals surface area contributed by atoms with E-state index in [2.05, 4.69) is 10.2 Å². The van der Waals surface area contributed by atoms with E-state index in [1.807, 2.05) is 17.5 Å². The Morgan fingerprint density at radius 1 is 1.50 bits per heavy atom. The number of nitrogens with zero attached hydrogens (tertiary/aromatic N) is 2. The number of rotatable bonds is 5. The van der Waals surface area contributed by atoms with Gasteiger partial charge >= 0.3 is 5.97 Å². The summed E-state index contributed by atoms with van der Waals surface area (Å²) >= 11 is 1.53. The van der Waals surface area contributed by atoms with Crippen molar-refractivity contribution in [2.75, 3.05) is 0 Å². The number of aryl methyl sites for hydroxylation is 1. The van der Waals surface area contributed by atoms with E-state index in [9.17, 15) is 4.79 Å². The number of hydrogen-bond acceptors (Lipinski definition) is 5. The predicted octanol–water partition coefficient (Wildman–Crippen LogP) is 2.21. The van der Waals surface area contributed by atoms with Crippen molar-refractivity contribution >= 4 is 17.3 Å². The van der Waals surface area contributed by atoms with Gasteiger partial charge in [-0.3, -0.25) is 4.79 Å². The van der Waals surface area contributed by atoms with E-state index in [4.69, 9.17) is 9.52 Å². The first-order valence-corrected chi connectivity index (χ1v) is 5.72. The topological polar surface area (TPSA) is 76.2 Å². The molecule has 0 aliphatic heterocycles. The molecule has 2 heterocycles. The molecule has 0 unspecified atom stereocenters. The van der Waals surface area contributed by atoms with Crippen LogP contribution in [-0.4, -0.2) is 21.3 Å². The van der Waals surface area contributed by atoms with Crippen molar-refractivity contribution in [1.82, 2.24) is 10.2 Å². The number of carboxylic acid groups (broad SMARTS) is 1. The largest absolute Gasteiger partial charge is 0.481 e. The third-order valence-corrected chi connectivity index (χ3v) is 2.84. The summed E-state index contributed by atoms with van der Waals surface area (Å²) in [7, 11) is 0. The second-order valence-corrected chi connectivity index (χ2v) is 4.17. The number of thiophene rings is 1. The maximum atomic E-state index is 10.3. The maximum absolute atomic E-state index is 10.3. The Labute approximate surface area is 95.7 Å². The van der Waals surface area contributed by atoms with Crippen molar-refractivity contribution in [2.24, 2.45) is 0 Å². The van der Waals surface area contributed by atoms with Crippen LogP contribution >= 0.6 is 11.3 Å². The lowest BCUT2D eigenvalue weighted by molar-refractivity contribution is -0.137. The summed E-state index contributed by atoms with van der Waals surface area (Å²) in [6.07, 6.45) is 1.14. The van der Waals surface area contributed by atoms with E-state index in [-0.39, 0.29) is 6.42 Å². The lowest BCUT2D eigenvalue weighted by Gasteiger charge is -1.91. The van der Waals surface area contributed by atoms with Crippen LogP contribution in [0.4, 0.5) is 0 Å². The molecule has 0 aromatic carbocycles. The molecule has 0 saturated carbocycles. The van der Waals surface area contributed by atoms with E-state index in [0.29, 0.717) is 24.6 Å². The molecule has 6 heteroatoms. The fourth-order valence-corrected chi connectivity index (χ4v) is 1.89. The molecule has 0 spiro atoms. The van der Waals surface area contributed by atoms with Gasteiger partial charge in [-0.2, -0.15) is 0 Å². The van der Waals surface area contributed by atoms with Gasteiger partial charge in [0.2, 0.25) is 5.89 Å². The number of carboxylic acids is 1. The Hall–Kier alpha value is -1.69. The molecule has 0 atom stereocenters. The first-order valence-electron chi connectivity index (χ1n) is 4.84. The Balaban J connectivity index is 1.95. The van der Waals surface area contributed by atoms with Crippen LogP contribution in [0, 0.1) is 0 Å². The quantitative estimate of drug-likeness (QED) is 0.864. The summed E-state index contributed by atoms with van der Waals surface area (Å²) < 4.78 is 5.41. The highest BCUT2D eigenvalue weighted by Crippen LogP contribution is 2.23. The van der Waals surface area contributed by atoms with Gasteiger partial charge in [0.05, 0.1) is 4.88 Å². The van der Waals surface area contributed by atoms with Gasteiger partial charge in [-0.1, -0.05) is 6.07 Å². The van der Waals surface area contributed by atoms with Gasteiger partial charge < -0.3 is 9.52 Å². The molecule has 2 rings (SSSR count). The third-order valence-electron chi connectivity index (χ3n) is 1.98. The lowest BCUT2D eigenvalue weighted by Crippen LogP contribution is -1.95. The predicted molar refractivity (Wildman–Crippen MR) is 58.2 cm³/mol. The summed E-state index contributed by atoms with van der Waals surface area (Å²) in [5, 5.41) is 18.2. The molecule has 2 aromatic heterocycles. The normalized spacial score (nSPS) is 10.5. The van der Waals surface area contributed by atoms with Gasteiger partial charge in [-0.15, -0.1) is 21.5 Å². The maximum Gasteiger partial charge on any atom is 0.303 e. The third kappa shape index (κ3) is 2.66. The van der Waals surface area contributed by atoms with Crippen LogP contribution in [0.25, 0.3) is 10.8 Å². The molecule has 0 radical (unpaired) electrons. The number of aromatic nitrogens is 2. The van der Waals surface area contributed by atoms with Gasteiger partial charge in [0.1, 0.15) is 0 Å². The van der Waals surface area contributed by atoms with Gasteiger partial charge in [0, 0.05) is 12.8 Å². The average Bonchev–Trinajstić information content (AvgIpc) is 2.85. The van der Waals surface area contributed by atoms with Crippen molar-refractivity contribution in [1.29, 1.82) is 0 Å².